The maximum atomic E-state index is 10.7. The molecule has 0 unspecified atom stereocenters. The van der Waals surface area contributed by atoms with Crippen LogP contribution in [-0.4, -0.2) is 24.1 Å². The van der Waals surface area contributed by atoms with Crippen molar-refractivity contribution >= 4 is 55.0 Å². The highest BCUT2D eigenvalue weighted by atomic mass is 15.1. The monoisotopic (exact) mass is 1250 g/mol. The zero-order chi connectivity index (χ0) is 65.6. The predicted octanol–water partition coefficient (Wildman–Crippen LogP) is 23.7. The number of rotatable bonds is 12. The number of hydrogen-bond donors (Lipinski definition) is 0. The number of nitrogens with zero attached hydrogens (tertiary/aromatic N) is 8. The highest BCUT2D eigenvalue weighted by Crippen LogP contribution is 2.45. The number of hydrogen-bond acceptors (Lipinski definition) is 4. The number of fused-ring (bicyclic) bond motifs is 6. The fourth-order valence-electron chi connectivity index (χ4n) is 13.9. The molecule has 0 atom stereocenters. The minimum Gasteiger partial charge on any atom is -0.308 e. The van der Waals surface area contributed by atoms with Gasteiger partial charge in [-0.15, -0.1) is 0 Å². The minimum atomic E-state index is 0.391. The summed E-state index contributed by atoms with van der Waals surface area (Å²) < 4.78 is 4.66. The third-order valence-corrected chi connectivity index (χ3v) is 18.7. The smallest absolute Gasteiger partial charge is 0.194 e. The average molecular weight is 1250 g/mol. The molecule has 0 saturated heterocycles. The van der Waals surface area contributed by atoms with E-state index in [0.29, 0.717) is 45.5 Å². The van der Waals surface area contributed by atoms with Crippen LogP contribution in [0.5, 0.6) is 0 Å². The molecule has 17 aromatic rings. The van der Waals surface area contributed by atoms with Gasteiger partial charge in [-0.1, -0.05) is 243 Å². The zero-order valence-electron chi connectivity index (χ0n) is 52.8. The molecule has 98 heavy (non-hydrogen) atoms. The summed E-state index contributed by atoms with van der Waals surface area (Å²) in [6.45, 7) is 16.2. The topological polar surface area (TPSA) is 81.0 Å². The van der Waals surface area contributed by atoms with Crippen molar-refractivity contribution < 1.29 is 0 Å². The Hall–Kier alpha value is -13.8. The minimum absolute atomic E-state index is 0.391. The molecule has 3 aromatic heterocycles. The molecule has 0 aliphatic rings. The summed E-state index contributed by atoms with van der Waals surface area (Å²) in [6.07, 6.45) is 0. The molecule has 0 aliphatic heterocycles. The van der Waals surface area contributed by atoms with Gasteiger partial charge in [0.15, 0.2) is 28.8 Å². The molecule has 3 heterocycles. The van der Waals surface area contributed by atoms with Crippen LogP contribution in [0.3, 0.4) is 0 Å². The second-order valence-corrected chi connectivity index (χ2v) is 24.4. The van der Waals surface area contributed by atoms with Crippen molar-refractivity contribution in [3.63, 3.8) is 0 Å². The number of benzene rings is 14. The maximum absolute atomic E-state index is 10.7. The number of aromatic nitrogens is 5. The van der Waals surface area contributed by atoms with Gasteiger partial charge in [0.25, 0.3) is 0 Å². The summed E-state index contributed by atoms with van der Waals surface area (Å²) in [5, 5.41) is 15.0. The summed E-state index contributed by atoms with van der Waals surface area (Å²) in [5.74, 6) is 1.20. The molecular formula is C90H54N8. The van der Waals surface area contributed by atoms with Gasteiger partial charge < -0.3 is 9.13 Å². The Bertz CT molecular complexity index is 5610. The molecule has 14 aromatic carbocycles. The summed E-state index contributed by atoms with van der Waals surface area (Å²) in [5.41, 5.74) is 23.1. The van der Waals surface area contributed by atoms with Crippen molar-refractivity contribution in [3.05, 3.63) is 356 Å². The van der Waals surface area contributed by atoms with Crippen LogP contribution in [-0.2, 0) is 0 Å². The quantitative estimate of drug-likeness (QED) is 0.114. The molecule has 0 fully saturated rings. The van der Waals surface area contributed by atoms with E-state index in [2.05, 4.69) is 243 Å². The van der Waals surface area contributed by atoms with Crippen molar-refractivity contribution in [2.24, 2.45) is 0 Å². The molecule has 454 valence electrons. The molecule has 0 N–H and O–H groups in total. The van der Waals surface area contributed by atoms with Crippen LogP contribution in [0.2, 0.25) is 0 Å². The van der Waals surface area contributed by atoms with Gasteiger partial charge in [0.1, 0.15) is 0 Å². The Labute approximate surface area is 566 Å². The van der Waals surface area contributed by atoms with Gasteiger partial charge in [-0.05, 0) is 163 Å². The van der Waals surface area contributed by atoms with E-state index in [4.69, 9.17) is 28.1 Å². The van der Waals surface area contributed by atoms with Gasteiger partial charge in [-0.2, -0.15) is 5.26 Å². The third-order valence-electron chi connectivity index (χ3n) is 18.7. The highest BCUT2D eigenvalue weighted by molar-refractivity contribution is 6.14. The Balaban J connectivity index is 0.969. The number of para-hydroxylation sites is 1. The fraction of sp³-hybridized carbons (Fsp3) is 0. The molecular weight excluding hydrogens is 1190 g/mol. The van der Waals surface area contributed by atoms with E-state index < -0.39 is 0 Å². The molecule has 0 amide bonds. The lowest BCUT2D eigenvalue weighted by atomic mass is 9.97. The lowest BCUT2D eigenvalue weighted by Gasteiger charge is -2.19. The van der Waals surface area contributed by atoms with Crippen molar-refractivity contribution in [2.45, 2.75) is 0 Å². The van der Waals surface area contributed by atoms with E-state index in [9.17, 15) is 5.26 Å². The van der Waals surface area contributed by atoms with E-state index in [1.54, 1.807) is 0 Å². The van der Waals surface area contributed by atoms with Gasteiger partial charge in [0.2, 0.25) is 0 Å². The molecule has 17 rings (SSSR count). The van der Waals surface area contributed by atoms with Gasteiger partial charge in [-0.25, -0.2) is 24.6 Å². The zero-order valence-corrected chi connectivity index (χ0v) is 52.8. The lowest BCUT2D eigenvalue weighted by Crippen LogP contribution is -2.06. The van der Waals surface area contributed by atoms with Crippen LogP contribution in [0.15, 0.2) is 328 Å². The lowest BCUT2D eigenvalue weighted by molar-refractivity contribution is 1.06. The van der Waals surface area contributed by atoms with Gasteiger partial charge in [-0.3, -0.25) is 0 Å². The van der Waals surface area contributed by atoms with Crippen LogP contribution < -0.4 is 0 Å². The van der Waals surface area contributed by atoms with E-state index >= 15 is 0 Å². The molecule has 0 aliphatic carbocycles. The summed E-state index contributed by atoms with van der Waals surface area (Å²) in [6, 6.07) is 115. The van der Waals surface area contributed by atoms with Crippen molar-refractivity contribution in [1.29, 1.82) is 5.26 Å². The van der Waals surface area contributed by atoms with Crippen LogP contribution in [0.1, 0.15) is 5.56 Å². The predicted molar refractivity (Wildman–Crippen MR) is 400 cm³/mol. The van der Waals surface area contributed by atoms with E-state index in [1.807, 2.05) is 109 Å². The maximum Gasteiger partial charge on any atom is 0.194 e. The summed E-state index contributed by atoms with van der Waals surface area (Å²) in [7, 11) is 0. The Kier molecular flexibility index (Phi) is 14.5. The van der Waals surface area contributed by atoms with E-state index in [-0.39, 0.29) is 0 Å². The summed E-state index contributed by atoms with van der Waals surface area (Å²) in [4.78, 5) is 24.9. The molecule has 8 nitrogen and oxygen atoms in total. The normalized spacial score (nSPS) is 11.2. The first-order chi connectivity index (χ1) is 48.4. The highest BCUT2D eigenvalue weighted by Gasteiger charge is 2.26. The summed E-state index contributed by atoms with van der Waals surface area (Å²) >= 11 is 0. The van der Waals surface area contributed by atoms with Crippen LogP contribution >= 0.6 is 0 Å². The Morgan fingerprint density at radius 3 is 1.05 bits per heavy atom. The van der Waals surface area contributed by atoms with Crippen molar-refractivity contribution in [3.8, 4) is 129 Å². The average Bonchev–Trinajstić information content (AvgIpc) is 1.68. The fourth-order valence-corrected chi connectivity index (χ4v) is 13.9. The Morgan fingerprint density at radius 2 is 0.612 bits per heavy atom. The first-order valence-electron chi connectivity index (χ1n) is 32.4. The number of nitriles is 1. The SMILES string of the molecule is [C-]#[N+]c1cccc(-c2ccc(-c3nc(-c4cc(-c5ccccc5C#N)ccc4-n4c5ccc(-c6ccccc6)cc5c5cc(-c6ccccc6)ccc54)nc(-c4cc(-c5ccccc5[N+]#[C-])ccc4-n4c5ccc(-c6ccccc6)cc5c5cc(-c6ccccc6)ccc54)n3)cc2)c1. The second-order valence-electron chi connectivity index (χ2n) is 24.4. The van der Waals surface area contributed by atoms with Crippen LogP contribution in [0.25, 0.3) is 177 Å². The first-order valence-corrected chi connectivity index (χ1v) is 32.4. The van der Waals surface area contributed by atoms with E-state index in [0.717, 1.165) is 138 Å². The standard InChI is InChI=1S/C90H54N8/c1-92-72-30-19-29-64(50-72)62-34-36-63(37-35-62)88-94-89(79-55-69(73-31-16-15-28-71(73)57-91)42-48-86(79)97-82-44-38-65(58-20-7-3-8-21-58)51-75(82)76-52-66(39-45-83(76)97)59-22-9-4-10-23-59)96-90(95-88)80-56-70(74-32-17-18-33-81(74)93-2)43-49-87(80)98-84-46-40-67(60-24-11-5-12-25-60)53-77(84)78-54-68(41-47-85(78)98)61-26-13-6-14-27-61/h3-56H. The van der Waals surface area contributed by atoms with Gasteiger partial charge >= 0.3 is 0 Å². The molecule has 0 saturated carbocycles. The van der Waals surface area contributed by atoms with Crippen molar-refractivity contribution in [1.82, 2.24) is 24.1 Å². The van der Waals surface area contributed by atoms with Crippen LogP contribution in [0.4, 0.5) is 11.4 Å². The van der Waals surface area contributed by atoms with E-state index in [1.165, 1.54) is 0 Å². The third kappa shape index (κ3) is 10.4. The van der Waals surface area contributed by atoms with Crippen molar-refractivity contribution in [2.75, 3.05) is 0 Å². The van der Waals surface area contributed by atoms with Crippen LogP contribution in [0, 0.1) is 24.5 Å². The van der Waals surface area contributed by atoms with Gasteiger partial charge in [0, 0.05) is 38.2 Å². The largest absolute Gasteiger partial charge is 0.308 e. The second kappa shape index (κ2) is 24.6. The molecule has 0 bridgehead atoms. The molecule has 0 radical (unpaired) electrons. The molecule has 0 spiro atoms. The Morgan fingerprint density at radius 1 is 0.265 bits per heavy atom. The van der Waals surface area contributed by atoms with Gasteiger partial charge in [0.05, 0.1) is 58.2 Å². The molecule has 8 heteroatoms. The first kappa shape index (κ1) is 58.0.